The molecule has 1 aliphatic rings. The monoisotopic (exact) mass is 289 g/mol. The van der Waals surface area contributed by atoms with E-state index in [-0.39, 0.29) is 11.8 Å². The molecule has 1 saturated heterocycles. The lowest BCUT2D eigenvalue weighted by atomic mass is 10.0. The lowest BCUT2D eigenvalue weighted by molar-refractivity contribution is 0.179. The van der Waals surface area contributed by atoms with Crippen molar-refractivity contribution in [2.45, 2.75) is 23.6 Å². The van der Waals surface area contributed by atoms with Crippen LogP contribution in [-0.2, 0) is 14.6 Å². The second-order valence-electron chi connectivity index (χ2n) is 4.50. The van der Waals surface area contributed by atoms with E-state index in [2.05, 4.69) is 5.32 Å². The topological polar surface area (TPSA) is 55.4 Å². The quantitative estimate of drug-likeness (QED) is 0.863. The molecule has 1 aromatic rings. The van der Waals surface area contributed by atoms with E-state index in [1.54, 1.807) is 17.5 Å². The van der Waals surface area contributed by atoms with Crippen molar-refractivity contribution in [3.63, 3.8) is 0 Å². The van der Waals surface area contributed by atoms with Crippen LogP contribution in [0.5, 0.6) is 0 Å². The molecule has 1 aliphatic heterocycles. The minimum Gasteiger partial charge on any atom is -0.381 e. The number of rotatable bonds is 6. The van der Waals surface area contributed by atoms with Gasteiger partial charge in [-0.1, -0.05) is 13.0 Å². The molecule has 4 nitrogen and oxygen atoms in total. The van der Waals surface area contributed by atoms with Crippen molar-refractivity contribution in [1.29, 1.82) is 0 Å². The van der Waals surface area contributed by atoms with E-state index in [1.807, 2.05) is 6.92 Å². The number of hydrogen-bond acceptors (Lipinski definition) is 5. The third-order valence-electron chi connectivity index (χ3n) is 3.20. The summed E-state index contributed by atoms with van der Waals surface area (Å²) in [6.45, 7) is 4.19. The van der Waals surface area contributed by atoms with E-state index in [1.165, 1.54) is 11.3 Å². The van der Waals surface area contributed by atoms with Gasteiger partial charge in [-0.2, -0.15) is 0 Å². The summed E-state index contributed by atoms with van der Waals surface area (Å²) in [7, 11) is -3.18. The fourth-order valence-corrected chi connectivity index (χ4v) is 4.97. The highest BCUT2D eigenvalue weighted by atomic mass is 32.2. The van der Waals surface area contributed by atoms with Gasteiger partial charge >= 0.3 is 0 Å². The fourth-order valence-electron chi connectivity index (χ4n) is 2.25. The van der Waals surface area contributed by atoms with Crippen LogP contribution in [0, 0.1) is 5.92 Å². The highest BCUT2D eigenvalue weighted by Gasteiger charge is 2.30. The highest BCUT2D eigenvalue weighted by molar-refractivity contribution is 7.93. The molecular formula is C12H19NO3S2. The van der Waals surface area contributed by atoms with Crippen molar-refractivity contribution in [3.8, 4) is 0 Å². The van der Waals surface area contributed by atoms with Crippen molar-refractivity contribution < 1.29 is 13.2 Å². The van der Waals surface area contributed by atoms with Crippen LogP contribution in [-0.4, -0.2) is 40.0 Å². The summed E-state index contributed by atoms with van der Waals surface area (Å²) in [4.78, 5) is 0. The summed E-state index contributed by atoms with van der Waals surface area (Å²) in [5, 5.41) is 5.09. The normalized spacial score (nSPS) is 22.2. The van der Waals surface area contributed by atoms with Crippen molar-refractivity contribution in [2.75, 3.05) is 25.5 Å². The molecule has 0 spiro atoms. The van der Waals surface area contributed by atoms with Gasteiger partial charge in [-0.15, -0.1) is 11.3 Å². The Bertz CT molecular complexity index is 450. The van der Waals surface area contributed by atoms with Crippen LogP contribution in [0.2, 0.25) is 0 Å². The molecule has 0 saturated carbocycles. The Labute approximate surface area is 112 Å². The second-order valence-corrected chi connectivity index (χ2v) is 7.71. The number of sulfone groups is 1. The number of thiophene rings is 1. The van der Waals surface area contributed by atoms with Crippen LogP contribution in [0.1, 0.15) is 13.3 Å². The maximum Gasteiger partial charge on any atom is 0.189 e. The lowest BCUT2D eigenvalue weighted by Crippen LogP contribution is -2.41. The Hall–Kier alpha value is -0.430. The predicted octanol–water partition coefficient (Wildman–Crippen LogP) is 1.54. The number of ether oxygens (including phenoxy) is 1. The first kappa shape index (κ1) is 14.0. The molecule has 1 N–H and O–H groups in total. The molecule has 0 bridgehead atoms. The standard InChI is InChI=1S/C12H19NO3S2/c1-2-13-11(10-5-6-16-8-10)9-18(14,15)12-4-3-7-17-12/h3-4,7,10-11,13H,2,5-6,8-9H2,1H3. The minimum atomic E-state index is -3.18. The third kappa shape index (κ3) is 3.32. The maximum atomic E-state index is 12.3. The predicted molar refractivity (Wildman–Crippen MR) is 72.8 cm³/mol. The fraction of sp³-hybridized carbons (Fsp3) is 0.667. The van der Waals surface area contributed by atoms with E-state index in [9.17, 15) is 8.42 Å². The lowest BCUT2D eigenvalue weighted by Gasteiger charge is -2.22. The summed E-state index contributed by atoms with van der Waals surface area (Å²) in [5.74, 6) is 0.467. The summed E-state index contributed by atoms with van der Waals surface area (Å²) in [6, 6.07) is 3.44. The van der Waals surface area contributed by atoms with Crippen molar-refractivity contribution >= 4 is 21.2 Å². The molecule has 0 amide bonds. The number of nitrogens with one attached hydrogen (secondary N) is 1. The van der Waals surface area contributed by atoms with E-state index in [4.69, 9.17) is 4.74 Å². The Morgan fingerprint density at radius 1 is 1.61 bits per heavy atom. The van der Waals surface area contributed by atoms with Crippen molar-refractivity contribution in [2.24, 2.45) is 5.92 Å². The SMILES string of the molecule is CCNC(CS(=O)(=O)c1cccs1)C1CCOC1. The molecule has 2 atom stereocenters. The molecule has 18 heavy (non-hydrogen) atoms. The van der Waals surface area contributed by atoms with Gasteiger partial charge in [-0.05, 0) is 24.4 Å². The largest absolute Gasteiger partial charge is 0.381 e. The molecule has 0 aliphatic carbocycles. The van der Waals surface area contributed by atoms with Crippen molar-refractivity contribution in [3.05, 3.63) is 17.5 Å². The Balaban J connectivity index is 2.08. The zero-order chi connectivity index (χ0) is 13.0. The average molecular weight is 289 g/mol. The van der Waals surface area contributed by atoms with Crippen molar-refractivity contribution in [1.82, 2.24) is 5.32 Å². The van der Waals surface area contributed by atoms with Gasteiger partial charge in [0, 0.05) is 18.6 Å². The summed E-state index contributed by atoms with van der Waals surface area (Å²) in [6.07, 6.45) is 0.942. The van der Waals surface area contributed by atoms with Crippen LogP contribution in [0.25, 0.3) is 0 Å². The van der Waals surface area contributed by atoms with Crippen LogP contribution < -0.4 is 5.32 Å². The Kier molecular flexibility index (Phi) is 4.77. The summed E-state index contributed by atoms with van der Waals surface area (Å²) in [5.41, 5.74) is 0. The van der Waals surface area contributed by atoms with Crippen LogP contribution in [0.4, 0.5) is 0 Å². The third-order valence-corrected chi connectivity index (χ3v) is 6.46. The van der Waals surface area contributed by atoms with Gasteiger partial charge in [0.15, 0.2) is 9.84 Å². The molecule has 2 rings (SSSR count). The van der Waals surface area contributed by atoms with Gasteiger partial charge in [0.2, 0.25) is 0 Å². The first-order valence-electron chi connectivity index (χ1n) is 6.21. The molecular weight excluding hydrogens is 270 g/mol. The smallest absolute Gasteiger partial charge is 0.189 e. The van der Waals surface area contributed by atoms with Gasteiger partial charge < -0.3 is 10.1 Å². The first-order chi connectivity index (χ1) is 8.63. The second kappa shape index (κ2) is 6.14. The molecule has 1 fully saturated rings. The minimum absolute atomic E-state index is 0.00963. The van der Waals surface area contributed by atoms with Crippen LogP contribution in [0.3, 0.4) is 0 Å². The van der Waals surface area contributed by atoms with E-state index in [0.717, 1.165) is 19.6 Å². The van der Waals surface area contributed by atoms with E-state index >= 15 is 0 Å². The molecule has 102 valence electrons. The summed E-state index contributed by atoms with van der Waals surface area (Å²) >= 11 is 1.29. The van der Waals surface area contributed by atoms with Crippen LogP contribution >= 0.6 is 11.3 Å². The Morgan fingerprint density at radius 3 is 3.00 bits per heavy atom. The van der Waals surface area contributed by atoms with Crippen LogP contribution in [0.15, 0.2) is 21.7 Å². The molecule has 2 unspecified atom stereocenters. The molecule has 6 heteroatoms. The molecule has 2 heterocycles. The molecule has 0 radical (unpaired) electrons. The zero-order valence-corrected chi connectivity index (χ0v) is 12.1. The van der Waals surface area contributed by atoms with Gasteiger partial charge in [-0.3, -0.25) is 0 Å². The van der Waals surface area contributed by atoms with E-state index in [0.29, 0.717) is 16.7 Å². The summed E-state index contributed by atoms with van der Waals surface area (Å²) < 4.78 is 30.3. The molecule has 1 aromatic heterocycles. The zero-order valence-electron chi connectivity index (χ0n) is 10.5. The van der Waals surface area contributed by atoms with Gasteiger partial charge in [0.25, 0.3) is 0 Å². The average Bonchev–Trinajstić information content (AvgIpc) is 3.02. The van der Waals surface area contributed by atoms with Gasteiger partial charge in [0.1, 0.15) is 4.21 Å². The van der Waals surface area contributed by atoms with Gasteiger partial charge in [0.05, 0.1) is 12.4 Å². The first-order valence-corrected chi connectivity index (χ1v) is 8.74. The highest BCUT2D eigenvalue weighted by Crippen LogP contribution is 2.23. The Morgan fingerprint density at radius 2 is 2.44 bits per heavy atom. The maximum absolute atomic E-state index is 12.3. The number of hydrogen-bond donors (Lipinski definition) is 1. The van der Waals surface area contributed by atoms with Gasteiger partial charge in [-0.25, -0.2) is 8.42 Å². The van der Waals surface area contributed by atoms with E-state index < -0.39 is 9.84 Å². The molecule has 0 aromatic carbocycles.